The third-order valence-electron chi connectivity index (χ3n) is 2.18. The lowest BCUT2D eigenvalue weighted by molar-refractivity contribution is 1.35. The quantitative estimate of drug-likeness (QED) is 0.577. The molecule has 66 valence electrons. The van der Waals surface area contributed by atoms with Crippen molar-refractivity contribution in [2.45, 2.75) is 11.4 Å². The second kappa shape index (κ2) is 3.62. The molecule has 0 saturated carbocycles. The van der Waals surface area contributed by atoms with Crippen LogP contribution in [0.1, 0.15) is 11.1 Å². The van der Waals surface area contributed by atoms with E-state index >= 15 is 0 Å². The highest BCUT2D eigenvalue weighted by molar-refractivity contribution is 14.1. The molecule has 0 bridgehead atoms. The number of hydrogen-bond donors (Lipinski definition) is 0. The summed E-state index contributed by atoms with van der Waals surface area (Å²) < 4.78 is 1.04. The van der Waals surface area contributed by atoms with E-state index in [2.05, 4.69) is 52.7 Å². The number of nitrogens with zero attached hydrogens (tertiary/aromatic N) is 1. The maximum absolute atomic E-state index is 4.35. The summed E-state index contributed by atoms with van der Waals surface area (Å²) in [7, 11) is 0. The molecule has 0 aliphatic rings. The predicted molar refractivity (Wildman–Crippen MR) is 64.2 cm³/mol. The molecular weight excluding hydrogens is 273 g/mol. The molecule has 0 aliphatic heterocycles. The Labute approximate surface area is 91.3 Å². The Morgan fingerprint density at radius 3 is 2.92 bits per heavy atom. The summed E-state index contributed by atoms with van der Waals surface area (Å²) >= 11 is 2.37. The fourth-order valence-corrected chi connectivity index (χ4v) is 1.89. The molecule has 0 amide bonds. The molecule has 2 heteroatoms. The van der Waals surface area contributed by atoms with Crippen LogP contribution in [-0.2, 0) is 4.43 Å². The molecule has 1 aromatic heterocycles. The Morgan fingerprint density at radius 2 is 2.15 bits per heavy atom. The van der Waals surface area contributed by atoms with Crippen molar-refractivity contribution in [3.63, 3.8) is 0 Å². The summed E-state index contributed by atoms with van der Waals surface area (Å²) in [6.07, 6.45) is 1.87. The van der Waals surface area contributed by atoms with Crippen LogP contribution < -0.4 is 0 Å². The standard InChI is InChI=1S/C11H10IN/c1-8-4-5-13-11-6-9(7-12)2-3-10(8)11/h2-6H,7H2,1H3. The van der Waals surface area contributed by atoms with Gasteiger partial charge in [0.2, 0.25) is 0 Å². The number of halogens is 1. The van der Waals surface area contributed by atoms with E-state index in [-0.39, 0.29) is 0 Å². The van der Waals surface area contributed by atoms with Crippen molar-refractivity contribution in [1.82, 2.24) is 4.98 Å². The summed E-state index contributed by atoms with van der Waals surface area (Å²) in [6, 6.07) is 8.54. The van der Waals surface area contributed by atoms with Crippen molar-refractivity contribution in [2.24, 2.45) is 0 Å². The topological polar surface area (TPSA) is 12.9 Å². The van der Waals surface area contributed by atoms with Gasteiger partial charge in [0.15, 0.2) is 0 Å². The number of aryl methyl sites for hydroxylation is 1. The van der Waals surface area contributed by atoms with Crippen LogP contribution in [-0.4, -0.2) is 4.98 Å². The van der Waals surface area contributed by atoms with Gasteiger partial charge in [-0.2, -0.15) is 0 Å². The van der Waals surface area contributed by atoms with Crippen LogP contribution in [0.4, 0.5) is 0 Å². The molecule has 13 heavy (non-hydrogen) atoms. The summed E-state index contributed by atoms with van der Waals surface area (Å²) in [6.45, 7) is 2.12. The van der Waals surface area contributed by atoms with Gasteiger partial charge in [0.25, 0.3) is 0 Å². The van der Waals surface area contributed by atoms with Gasteiger partial charge in [0.05, 0.1) is 5.52 Å². The SMILES string of the molecule is Cc1ccnc2cc(CI)ccc12. The lowest BCUT2D eigenvalue weighted by Crippen LogP contribution is -1.84. The highest BCUT2D eigenvalue weighted by atomic mass is 127. The summed E-state index contributed by atoms with van der Waals surface area (Å²) in [5.74, 6) is 0. The lowest BCUT2D eigenvalue weighted by atomic mass is 10.1. The van der Waals surface area contributed by atoms with E-state index in [4.69, 9.17) is 0 Å². The Bertz CT molecular complexity index is 437. The van der Waals surface area contributed by atoms with Gasteiger partial charge < -0.3 is 0 Å². The first-order valence-corrected chi connectivity index (χ1v) is 5.74. The number of fused-ring (bicyclic) bond motifs is 1. The molecule has 0 aliphatic carbocycles. The average molecular weight is 283 g/mol. The summed E-state index contributed by atoms with van der Waals surface area (Å²) in [5.41, 5.74) is 3.74. The molecule has 2 aromatic rings. The second-order valence-electron chi connectivity index (χ2n) is 3.11. The Morgan fingerprint density at radius 1 is 1.31 bits per heavy atom. The molecule has 0 N–H and O–H groups in total. The number of pyridine rings is 1. The zero-order valence-corrected chi connectivity index (χ0v) is 9.58. The Balaban J connectivity index is 2.72. The van der Waals surface area contributed by atoms with Gasteiger partial charge in [0, 0.05) is 16.0 Å². The van der Waals surface area contributed by atoms with E-state index in [1.165, 1.54) is 16.5 Å². The van der Waals surface area contributed by atoms with E-state index in [1.54, 1.807) is 0 Å². The van der Waals surface area contributed by atoms with E-state index < -0.39 is 0 Å². The summed E-state index contributed by atoms with van der Waals surface area (Å²) in [4.78, 5) is 4.35. The van der Waals surface area contributed by atoms with Gasteiger partial charge in [0.1, 0.15) is 0 Å². The van der Waals surface area contributed by atoms with Crippen LogP contribution in [0.5, 0.6) is 0 Å². The van der Waals surface area contributed by atoms with E-state index in [0.717, 1.165) is 9.94 Å². The van der Waals surface area contributed by atoms with Crippen molar-refractivity contribution in [1.29, 1.82) is 0 Å². The predicted octanol–water partition coefficient (Wildman–Crippen LogP) is 3.48. The fourth-order valence-electron chi connectivity index (χ4n) is 1.42. The molecule has 2 rings (SSSR count). The first-order chi connectivity index (χ1) is 6.31. The molecule has 0 radical (unpaired) electrons. The van der Waals surface area contributed by atoms with Gasteiger partial charge in [-0.3, -0.25) is 4.98 Å². The summed E-state index contributed by atoms with van der Waals surface area (Å²) in [5, 5.41) is 1.26. The van der Waals surface area contributed by atoms with Crippen LogP contribution in [0.25, 0.3) is 10.9 Å². The van der Waals surface area contributed by atoms with Gasteiger partial charge >= 0.3 is 0 Å². The van der Waals surface area contributed by atoms with Gasteiger partial charge in [-0.1, -0.05) is 34.7 Å². The number of hydrogen-bond acceptors (Lipinski definition) is 1. The van der Waals surface area contributed by atoms with Crippen LogP contribution in [0, 0.1) is 6.92 Å². The third-order valence-corrected chi connectivity index (χ3v) is 3.06. The first kappa shape index (κ1) is 8.94. The maximum Gasteiger partial charge on any atom is 0.0707 e. The highest BCUT2D eigenvalue weighted by Gasteiger charge is 1.98. The zero-order chi connectivity index (χ0) is 9.26. The van der Waals surface area contributed by atoms with Gasteiger partial charge in [-0.05, 0) is 30.2 Å². The molecule has 1 nitrogen and oxygen atoms in total. The Kier molecular flexibility index (Phi) is 2.49. The molecule has 1 heterocycles. The molecule has 0 spiro atoms. The van der Waals surface area contributed by atoms with Crippen LogP contribution in [0.3, 0.4) is 0 Å². The van der Waals surface area contributed by atoms with E-state index in [0.29, 0.717) is 0 Å². The minimum Gasteiger partial charge on any atom is -0.256 e. The van der Waals surface area contributed by atoms with E-state index in [1.807, 2.05) is 12.3 Å². The molecule has 0 saturated heterocycles. The van der Waals surface area contributed by atoms with E-state index in [9.17, 15) is 0 Å². The average Bonchev–Trinajstić information content (AvgIpc) is 2.18. The number of alkyl halides is 1. The molecule has 0 fully saturated rings. The number of aromatic nitrogens is 1. The smallest absolute Gasteiger partial charge is 0.0707 e. The second-order valence-corrected chi connectivity index (χ2v) is 3.88. The number of benzene rings is 1. The van der Waals surface area contributed by atoms with Crippen molar-refractivity contribution in [2.75, 3.05) is 0 Å². The molecular formula is C11H10IN. The number of rotatable bonds is 1. The van der Waals surface area contributed by atoms with Crippen molar-refractivity contribution in [3.05, 3.63) is 41.6 Å². The normalized spacial score (nSPS) is 10.6. The molecule has 0 unspecified atom stereocenters. The monoisotopic (exact) mass is 283 g/mol. The van der Waals surface area contributed by atoms with Crippen LogP contribution in [0.15, 0.2) is 30.5 Å². The molecule has 0 atom stereocenters. The molecule has 1 aromatic carbocycles. The lowest BCUT2D eigenvalue weighted by Gasteiger charge is -2.02. The first-order valence-electron chi connectivity index (χ1n) is 4.21. The highest BCUT2D eigenvalue weighted by Crippen LogP contribution is 2.18. The Hall–Kier alpha value is -0.640. The van der Waals surface area contributed by atoms with Crippen LogP contribution in [0.2, 0.25) is 0 Å². The van der Waals surface area contributed by atoms with Crippen molar-refractivity contribution >= 4 is 33.5 Å². The minimum absolute atomic E-state index is 1.04. The largest absolute Gasteiger partial charge is 0.256 e. The van der Waals surface area contributed by atoms with Gasteiger partial charge in [-0.15, -0.1) is 0 Å². The minimum atomic E-state index is 1.04. The maximum atomic E-state index is 4.35. The third kappa shape index (κ3) is 1.68. The van der Waals surface area contributed by atoms with Crippen molar-refractivity contribution < 1.29 is 0 Å². The fraction of sp³-hybridized carbons (Fsp3) is 0.182. The van der Waals surface area contributed by atoms with Crippen LogP contribution >= 0.6 is 22.6 Å². The zero-order valence-electron chi connectivity index (χ0n) is 7.42. The van der Waals surface area contributed by atoms with Gasteiger partial charge in [-0.25, -0.2) is 0 Å². The van der Waals surface area contributed by atoms with Crippen molar-refractivity contribution in [3.8, 4) is 0 Å².